The summed E-state index contributed by atoms with van der Waals surface area (Å²) < 4.78 is 29.5. The molecule has 0 aromatic heterocycles. The second-order valence-electron chi connectivity index (χ2n) is 9.46. The van der Waals surface area contributed by atoms with Crippen LogP contribution in [0.25, 0.3) is 0 Å². The summed E-state index contributed by atoms with van der Waals surface area (Å²) in [5.74, 6) is -0.557. The number of amides is 2. The fraction of sp³-hybridized carbons (Fsp3) is 0.407. The minimum absolute atomic E-state index is 0.110. The van der Waals surface area contributed by atoms with Gasteiger partial charge in [-0.15, -0.1) is 0 Å². The minimum Gasteiger partial charge on any atom is -0.274 e. The van der Waals surface area contributed by atoms with Crippen molar-refractivity contribution in [3.8, 4) is 0 Å². The number of imide groups is 1. The van der Waals surface area contributed by atoms with Crippen molar-refractivity contribution < 1.29 is 18.0 Å². The Morgan fingerprint density at radius 3 is 2.31 bits per heavy atom. The molecular formula is C27H31BrN2O4S. The predicted octanol–water partition coefficient (Wildman–Crippen LogP) is 5.79. The van der Waals surface area contributed by atoms with E-state index in [1.165, 1.54) is 22.0 Å². The van der Waals surface area contributed by atoms with E-state index in [4.69, 9.17) is 0 Å². The Hall–Kier alpha value is -2.29. The number of allylic oxidation sites excluding steroid dienone is 1. The summed E-state index contributed by atoms with van der Waals surface area (Å²) in [5.41, 5.74) is 2.79. The fourth-order valence-corrected chi connectivity index (χ4v) is 6.54. The van der Waals surface area contributed by atoms with E-state index in [1.807, 2.05) is 12.1 Å². The van der Waals surface area contributed by atoms with Crippen LogP contribution in [0.4, 0.5) is 5.69 Å². The van der Waals surface area contributed by atoms with E-state index in [2.05, 4.69) is 35.9 Å². The van der Waals surface area contributed by atoms with Crippen molar-refractivity contribution in [1.82, 2.24) is 4.31 Å². The molecule has 0 radical (unpaired) electrons. The summed E-state index contributed by atoms with van der Waals surface area (Å²) in [4.78, 5) is 27.8. The summed E-state index contributed by atoms with van der Waals surface area (Å²) >= 11 is 3.34. The van der Waals surface area contributed by atoms with E-state index < -0.39 is 22.0 Å². The van der Waals surface area contributed by atoms with Crippen molar-refractivity contribution in [2.24, 2.45) is 0 Å². The van der Waals surface area contributed by atoms with Gasteiger partial charge in [-0.1, -0.05) is 53.6 Å². The lowest BCUT2D eigenvalue weighted by Crippen LogP contribution is -2.46. The van der Waals surface area contributed by atoms with Crippen molar-refractivity contribution in [1.29, 1.82) is 0 Å². The number of carbonyl (C=O) groups is 2. The van der Waals surface area contributed by atoms with Crippen LogP contribution in [-0.4, -0.2) is 37.1 Å². The van der Waals surface area contributed by atoms with Gasteiger partial charge in [0.2, 0.25) is 15.9 Å². The highest BCUT2D eigenvalue weighted by molar-refractivity contribution is 9.10. The average molecular weight is 560 g/mol. The van der Waals surface area contributed by atoms with Crippen LogP contribution >= 0.6 is 15.9 Å². The normalized spacial score (nSPS) is 19.1. The molecule has 0 N–H and O–H groups in total. The summed E-state index contributed by atoms with van der Waals surface area (Å²) in [6.45, 7) is 4.31. The van der Waals surface area contributed by atoms with Crippen molar-refractivity contribution in [3.63, 3.8) is 0 Å². The number of nitrogens with zero attached hydrogens (tertiary/aromatic N) is 2. The highest BCUT2D eigenvalue weighted by Crippen LogP contribution is 2.32. The SMILES string of the molecule is CC(C)c1ccc(N2C(=O)CC(N(CCC3=CCCCC3)S(=O)(=O)c3ccc(Br)cc3)C2=O)cc1. The highest BCUT2D eigenvalue weighted by Gasteiger charge is 2.46. The number of hydrogen-bond acceptors (Lipinski definition) is 4. The zero-order valence-electron chi connectivity index (χ0n) is 20.1. The van der Waals surface area contributed by atoms with Gasteiger partial charge in [-0.25, -0.2) is 13.3 Å². The molecular weight excluding hydrogens is 528 g/mol. The second kappa shape index (κ2) is 10.8. The predicted molar refractivity (Wildman–Crippen MR) is 141 cm³/mol. The molecule has 1 aliphatic heterocycles. The maximum Gasteiger partial charge on any atom is 0.252 e. The van der Waals surface area contributed by atoms with Gasteiger partial charge in [0.15, 0.2) is 0 Å². The molecule has 6 nitrogen and oxygen atoms in total. The molecule has 1 fully saturated rings. The number of halogens is 1. The Morgan fingerprint density at radius 1 is 1.03 bits per heavy atom. The van der Waals surface area contributed by atoms with Crippen LogP contribution in [0.3, 0.4) is 0 Å². The fourth-order valence-electron chi connectivity index (χ4n) is 4.69. The van der Waals surface area contributed by atoms with Crippen LogP contribution in [0.15, 0.2) is 69.5 Å². The lowest BCUT2D eigenvalue weighted by Gasteiger charge is -2.28. The molecule has 2 aromatic rings. The number of hydrogen-bond donors (Lipinski definition) is 0. The number of anilines is 1. The van der Waals surface area contributed by atoms with Gasteiger partial charge >= 0.3 is 0 Å². The molecule has 2 amide bonds. The molecule has 0 spiro atoms. The third-order valence-corrected chi connectivity index (χ3v) is 9.20. The van der Waals surface area contributed by atoms with Gasteiger partial charge in [-0.3, -0.25) is 9.59 Å². The van der Waals surface area contributed by atoms with E-state index in [9.17, 15) is 18.0 Å². The Bertz CT molecular complexity index is 1220. The standard InChI is InChI=1S/C27H31BrN2O4S/c1-19(2)21-8-12-23(13-9-21)30-26(31)18-25(27(30)32)29(17-16-20-6-4-3-5-7-20)35(33,34)24-14-10-22(28)11-15-24/h6,8-15,19,25H,3-5,7,16-18H2,1-2H3. The van der Waals surface area contributed by atoms with Crippen molar-refractivity contribution >= 4 is 43.5 Å². The summed E-state index contributed by atoms with van der Waals surface area (Å²) in [5, 5.41) is 0. The van der Waals surface area contributed by atoms with Crippen LogP contribution in [0, 0.1) is 0 Å². The first-order valence-electron chi connectivity index (χ1n) is 12.1. The van der Waals surface area contributed by atoms with Crippen LogP contribution in [0.5, 0.6) is 0 Å². The van der Waals surface area contributed by atoms with Crippen molar-refractivity contribution in [2.45, 2.75) is 69.2 Å². The number of benzene rings is 2. The Kier molecular flexibility index (Phi) is 7.93. The van der Waals surface area contributed by atoms with Gasteiger partial charge in [0, 0.05) is 11.0 Å². The molecule has 2 aromatic carbocycles. The lowest BCUT2D eigenvalue weighted by atomic mass is 9.97. The minimum atomic E-state index is -4.00. The molecule has 2 aliphatic rings. The monoisotopic (exact) mass is 558 g/mol. The maximum atomic E-state index is 13.7. The number of carbonyl (C=O) groups excluding carboxylic acids is 2. The van der Waals surface area contributed by atoms with Gasteiger partial charge in [0.1, 0.15) is 6.04 Å². The molecule has 35 heavy (non-hydrogen) atoms. The highest BCUT2D eigenvalue weighted by atomic mass is 79.9. The molecule has 8 heteroatoms. The number of rotatable bonds is 8. The Labute approximate surface area is 216 Å². The van der Waals surface area contributed by atoms with Gasteiger partial charge in [-0.05, 0) is 80.0 Å². The molecule has 1 atom stereocenters. The van der Waals surface area contributed by atoms with Crippen LogP contribution in [0.1, 0.15) is 63.9 Å². The zero-order valence-corrected chi connectivity index (χ0v) is 22.5. The summed E-state index contributed by atoms with van der Waals surface area (Å²) in [6.07, 6.45) is 6.74. The van der Waals surface area contributed by atoms with Crippen LogP contribution in [0.2, 0.25) is 0 Å². The van der Waals surface area contributed by atoms with E-state index >= 15 is 0 Å². The Morgan fingerprint density at radius 2 is 1.71 bits per heavy atom. The molecule has 1 aliphatic carbocycles. The molecule has 1 saturated heterocycles. The smallest absolute Gasteiger partial charge is 0.252 e. The third-order valence-electron chi connectivity index (χ3n) is 6.75. The first-order chi connectivity index (χ1) is 16.7. The quantitative estimate of drug-likeness (QED) is 0.303. The topological polar surface area (TPSA) is 74.8 Å². The van der Waals surface area contributed by atoms with E-state index in [-0.39, 0.29) is 23.8 Å². The first-order valence-corrected chi connectivity index (χ1v) is 14.3. The number of sulfonamides is 1. The van der Waals surface area contributed by atoms with Gasteiger partial charge in [0.25, 0.3) is 5.91 Å². The summed E-state index contributed by atoms with van der Waals surface area (Å²) in [6, 6.07) is 12.6. The molecule has 1 heterocycles. The molecule has 0 bridgehead atoms. The maximum absolute atomic E-state index is 13.7. The lowest BCUT2D eigenvalue weighted by molar-refractivity contribution is -0.122. The van der Waals surface area contributed by atoms with Crippen molar-refractivity contribution in [2.75, 3.05) is 11.4 Å². The second-order valence-corrected chi connectivity index (χ2v) is 12.3. The van der Waals surface area contributed by atoms with Gasteiger partial charge in [0.05, 0.1) is 17.0 Å². The van der Waals surface area contributed by atoms with E-state index in [1.54, 1.807) is 24.3 Å². The van der Waals surface area contributed by atoms with Gasteiger partial charge < -0.3 is 0 Å². The molecule has 1 unspecified atom stereocenters. The first kappa shape index (κ1) is 25.8. The van der Waals surface area contributed by atoms with E-state index in [0.29, 0.717) is 18.0 Å². The third kappa shape index (κ3) is 5.60. The molecule has 4 rings (SSSR count). The van der Waals surface area contributed by atoms with Crippen LogP contribution < -0.4 is 4.90 Å². The Balaban J connectivity index is 1.65. The summed E-state index contributed by atoms with van der Waals surface area (Å²) in [7, 11) is -4.00. The average Bonchev–Trinajstić information content (AvgIpc) is 3.13. The van der Waals surface area contributed by atoms with Gasteiger partial charge in [-0.2, -0.15) is 4.31 Å². The van der Waals surface area contributed by atoms with E-state index in [0.717, 1.165) is 40.6 Å². The molecule has 0 saturated carbocycles. The zero-order chi connectivity index (χ0) is 25.2. The largest absolute Gasteiger partial charge is 0.274 e. The molecule has 186 valence electrons. The van der Waals surface area contributed by atoms with Crippen molar-refractivity contribution in [3.05, 3.63) is 70.2 Å². The van der Waals surface area contributed by atoms with Crippen LogP contribution in [-0.2, 0) is 19.6 Å².